The third kappa shape index (κ3) is 5.16. The first kappa shape index (κ1) is 21.3. The molecule has 154 valence electrons. The summed E-state index contributed by atoms with van der Waals surface area (Å²) in [7, 11) is 0. The van der Waals surface area contributed by atoms with Gasteiger partial charge in [-0.2, -0.15) is 0 Å². The van der Waals surface area contributed by atoms with E-state index in [1.165, 1.54) is 6.07 Å². The van der Waals surface area contributed by atoms with Crippen molar-refractivity contribution in [1.82, 2.24) is 9.88 Å². The van der Waals surface area contributed by atoms with Crippen LogP contribution in [0.5, 0.6) is 0 Å². The molecule has 0 unspecified atom stereocenters. The van der Waals surface area contributed by atoms with Crippen molar-refractivity contribution in [2.24, 2.45) is 0 Å². The van der Waals surface area contributed by atoms with Crippen LogP contribution in [-0.4, -0.2) is 42.0 Å². The van der Waals surface area contributed by atoms with Gasteiger partial charge in [-0.15, -0.1) is 0 Å². The van der Waals surface area contributed by atoms with Gasteiger partial charge < -0.3 is 4.90 Å². The first-order chi connectivity index (χ1) is 13.9. The van der Waals surface area contributed by atoms with Crippen LogP contribution in [0.4, 0.5) is 13.9 Å². The smallest absolute Gasteiger partial charge is 0.233 e. The summed E-state index contributed by atoms with van der Waals surface area (Å²) in [6.07, 6.45) is 0.229. The number of carbonyl (C=O) groups excluding carboxylic acids is 1. The highest BCUT2D eigenvalue weighted by atomic mass is 32.1. The number of hydrogen-bond donors (Lipinski definition) is 0. The Morgan fingerprint density at radius 1 is 1.10 bits per heavy atom. The number of benzene rings is 2. The molecule has 2 aromatic carbocycles. The van der Waals surface area contributed by atoms with Crippen molar-refractivity contribution in [1.29, 1.82) is 0 Å². The van der Waals surface area contributed by atoms with Gasteiger partial charge in [0.05, 0.1) is 11.1 Å². The first-order valence-corrected chi connectivity index (χ1v) is 10.6. The van der Waals surface area contributed by atoms with Gasteiger partial charge in [0, 0.05) is 19.2 Å². The molecule has 0 aliphatic rings. The topological polar surface area (TPSA) is 36.4 Å². The number of hydrogen-bond acceptors (Lipinski definition) is 4. The molecule has 7 heteroatoms. The van der Waals surface area contributed by atoms with E-state index < -0.39 is 11.6 Å². The van der Waals surface area contributed by atoms with Crippen molar-refractivity contribution in [3.8, 4) is 0 Å². The van der Waals surface area contributed by atoms with E-state index in [-0.39, 0.29) is 17.8 Å². The molecule has 0 saturated carbocycles. The zero-order valence-corrected chi connectivity index (χ0v) is 17.7. The van der Waals surface area contributed by atoms with Crippen LogP contribution in [0.1, 0.15) is 25.0 Å². The zero-order valence-electron chi connectivity index (χ0n) is 16.9. The molecule has 0 atom stereocenters. The second-order valence-electron chi connectivity index (χ2n) is 6.97. The fourth-order valence-corrected chi connectivity index (χ4v) is 4.31. The number of thiazole rings is 1. The number of aromatic nitrogens is 1. The van der Waals surface area contributed by atoms with Crippen LogP contribution in [0, 0.1) is 18.6 Å². The van der Waals surface area contributed by atoms with E-state index in [0.717, 1.165) is 41.6 Å². The van der Waals surface area contributed by atoms with E-state index in [2.05, 4.69) is 23.7 Å². The highest BCUT2D eigenvalue weighted by molar-refractivity contribution is 7.22. The predicted molar refractivity (Wildman–Crippen MR) is 115 cm³/mol. The Labute approximate surface area is 173 Å². The molecule has 0 aliphatic carbocycles. The highest BCUT2D eigenvalue weighted by Crippen LogP contribution is 2.31. The number of likely N-dealkylation sites (N-methyl/N-ethyl adjacent to an activating group) is 1. The van der Waals surface area contributed by atoms with Gasteiger partial charge in [0.15, 0.2) is 10.9 Å². The van der Waals surface area contributed by atoms with Crippen molar-refractivity contribution >= 4 is 32.6 Å². The van der Waals surface area contributed by atoms with Gasteiger partial charge in [0.2, 0.25) is 5.91 Å². The van der Waals surface area contributed by atoms with Crippen molar-refractivity contribution in [3.63, 3.8) is 0 Å². The lowest BCUT2D eigenvalue weighted by Gasteiger charge is -2.24. The van der Waals surface area contributed by atoms with Crippen molar-refractivity contribution in [2.45, 2.75) is 27.2 Å². The Morgan fingerprint density at radius 3 is 2.55 bits per heavy atom. The third-order valence-corrected chi connectivity index (χ3v) is 5.93. The quantitative estimate of drug-likeness (QED) is 0.528. The van der Waals surface area contributed by atoms with Crippen LogP contribution in [0.2, 0.25) is 0 Å². The number of amides is 1. The number of aryl methyl sites for hydroxylation is 1. The zero-order chi connectivity index (χ0) is 21.0. The molecule has 0 fully saturated rings. The largest absolute Gasteiger partial charge is 0.302 e. The maximum atomic E-state index is 14.1. The highest BCUT2D eigenvalue weighted by Gasteiger charge is 2.22. The van der Waals surface area contributed by atoms with E-state index in [4.69, 9.17) is 0 Å². The summed E-state index contributed by atoms with van der Waals surface area (Å²) >= 11 is 1.14. The van der Waals surface area contributed by atoms with Gasteiger partial charge in [0.1, 0.15) is 11.3 Å². The molecule has 0 N–H and O–H groups in total. The lowest BCUT2D eigenvalue weighted by Crippen LogP contribution is -2.39. The van der Waals surface area contributed by atoms with Crippen LogP contribution in [0.15, 0.2) is 36.4 Å². The molecule has 3 aromatic rings. The summed E-state index contributed by atoms with van der Waals surface area (Å²) < 4.78 is 28.1. The van der Waals surface area contributed by atoms with Gasteiger partial charge in [0.25, 0.3) is 0 Å². The molecule has 1 aromatic heterocycles. The molecular weight excluding hydrogens is 392 g/mol. The van der Waals surface area contributed by atoms with Gasteiger partial charge in [-0.1, -0.05) is 55.0 Å². The maximum absolute atomic E-state index is 14.1. The van der Waals surface area contributed by atoms with Gasteiger partial charge in [-0.25, -0.2) is 13.8 Å². The Balaban J connectivity index is 1.91. The summed E-state index contributed by atoms with van der Waals surface area (Å²) in [5, 5.41) is 0.398. The Kier molecular flexibility index (Phi) is 6.92. The van der Waals surface area contributed by atoms with Crippen LogP contribution in [-0.2, 0) is 11.2 Å². The van der Waals surface area contributed by atoms with E-state index in [0.29, 0.717) is 22.9 Å². The van der Waals surface area contributed by atoms with Crippen LogP contribution in [0.25, 0.3) is 10.2 Å². The Morgan fingerprint density at radius 2 is 1.86 bits per heavy atom. The minimum absolute atomic E-state index is 0.0996. The fraction of sp³-hybridized carbons (Fsp3) is 0.364. The molecule has 0 saturated heterocycles. The monoisotopic (exact) mass is 417 g/mol. The minimum atomic E-state index is -0.711. The lowest BCUT2D eigenvalue weighted by molar-refractivity contribution is -0.118. The Hall–Kier alpha value is -2.38. The summed E-state index contributed by atoms with van der Waals surface area (Å²) in [4.78, 5) is 21.3. The number of nitrogens with zero attached hydrogens (tertiary/aromatic N) is 3. The number of fused-ring (bicyclic) bond motifs is 1. The second kappa shape index (κ2) is 9.41. The van der Waals surface area contributed by atoms with Crippen molar-refractivity contribution < 1.29 is 13.6 Å². The average Bonchev–Trinajstić information content (AvgIpc) is 3.09. The predicted octanol–water partition coefficient (Wildman–Crippen LogP) is 4.80. The SMILES string of the molecule is CCN(CC)CCN(C(=O)Cc1cccc(C)c1)c1nc2c(F)cc(F)cc2s1. The fourth-order valence-electron chi connectivity index (χ4n) is 3.26. The summed E-state index contributed by atoms with van der Waals surface area (Å²) in [5.41, 5.74) is 2.10. The number of halogens is 2. The molecule has 1 amide bonds. The molecule has 29 heavy (non-hydrogen) atoms. The lowest BCUT2D eigenvalue weighted by atomic mass is 10.1. The minimum Gasteiger partial charge on any atom is -0.302 e. The number of carbonyl (C=O) groups is 1. The van der Waals surface area contributed by atoms with Crippen molar-refractivity contribution in [3.05, 3.63) is 59.2 Å². The summed E-state index contributed by atoms with van der Waals surface area (Å²) in [5.74, 6) is -1.47. The Bertz CT molecular complexity index is 1000. The average molecular weight is 418 g/mol. The summed E-state index contributed by atoms with van der Waals surface area (Å²) in [6.45, 7) is 8.98. The molecule has 0 radical (unpaired) electrons. The standard InChI is InChI=1S/C22H25F2N3OS/c1-4-26(5-2)9-10-27(20(28)12-16-8-6-7-15(3)11-16)22-25-21-18(24)13-17(23)14-19(21)29-22/h6-8,11,13-14H,4-5,9-10,12H2,1-3H3. The van der Waals surface area contributed by atoms with E-state index in [1.807, 2.05) is 31.2 Å². The second-order valence-corrected chi connectivity index (χ2v) is 7.98. The number of anilines is 1. The van der Waals surface area contributed by atoms with Gasteiger partial charge in [-0.05, 0) is 31.6 Å². The first-order valence-electron chi connectivity index (χ1n) is 9.75. The maximum Gasteiger partial charge on any atom is 0.233 e. The van der Waals surface area contributed by atoms with E-state index >= 15 is 0 Å². The van der Waals surface area contributed by atoms with Crippen LogP contribution < -0.4 is 4.90 Å². The van der Waals surface area contributed by atoms with Crippen molar-refractivity contribution in [2.75, 3.05) is 31.1 Å². The molecule has 4 nitrogen and oxygen atoms in total. The number of rotatable bonds is 8. The van der Waals surface area contributed by atoms with Crippen LogP contribution >= 0.6 is 11.3 Å². The third-order valence-electron chi connectivity index (χ3n) is 4.91. The summed E-state index contributed by atoms with van der Waals surface area (Å²) in [6, 6.07) is 9.88. The van der Waals surface area contributed by atoms with Crippen LogP contribution in [0.3, 0.4) is 0 Å². The molecule has 3 rings (SSSR count). The molecule has 0 bridgehead atoms. The normalized spacial score (nSPS) is 11.4. The molecular formula is C22H25F2N3OS. The van der Waals surface area contributed by atoms with E-state index in [1.54, 1.807) is 4.90 Å². The van der Waals surface area contributed by atoms with E-state index in [9.17, 15) is 13.6 Å². The molecule has 1 heterocycles. The van der Waals surface area contributed by atoms with Gasteiger partial charge in [-0.3, -0.25) is 9.69 Å². The van der Waals surface area contributed by atoms with Gasteiger partial charge >= 0.3 is 0 Å². The molecule has 0 spiro atoms. The molecule has 0 aliphatic heterocycles.